The van der Waals surface area contributed by atoms with Gasteiger partial charge in [-0.15, -0.1) is 0 Å². The average Bonchev–Trinajstić information content (AvgIpc) is 2.35. The Balaban J connectivity index is 2.96. The predicted octanol–water partition coefficient (Wildman–Crippen LogP) is 0.899. The molecule has 0 saturated carbocycles. The zero-order chi connectivity index (χ0) is 12.8. The standard InChI is InChI=1S/C13H21NO3/c1-14(2)13(11(8-15)9-16)10-4-6-12(17-3)7-5-10/h4-7,11,13,15-16H,8-9H2,1-3H3/t13-/m0/s1. The van der Waals surface area contributed by atoms with Gasteiger partial charge in [-0.2, -0.15) is 0 Å². The van der Waals surface area contributed by atoms with Crippen LogP contribution in [0.5, 0.6) is 5.75 Å². The Morgan fingerprint density at radius 2 is 1.65 bits per heavy atom. The van der Waals surface area contributed by atoms with Gasteiger partial charge in [0.05, 0.1) is 7.11 Å². The first-order valence-corrected chi connectivity index (χ1v) is 5.66. The number of nitrogens with zero attached hydrogens (tertiary/aromatic N) is 1. The maximum atomic E-state index is 9.30. The van der Waals surface area contributed by atoms with Crippen molar-refractivity contribution in [3.05, 3.63) is 29.8 Å². The quantitative estimate of drug-likeness (QED) is 0.774. The predicted molar refractivity (Wildman–Crippen MR) is 67.1 cm³/mol. The maximum absolute atomic E-state index is 9.30. The molecule has 4 nitrogen and oxygen atoms in total. The molecule has 0 aliphatic rings. The van der Waals surface area contributed by atoms with Gasteiger partial charge in [0.1, 0.15) is 5.75 Å². The molecule has 1 aromatic carbocycles. The molecule has 0 unspecified atom stereocenters. The Kier molecular flexibility index (Phi) is 5.41. The Hall–Kier alpha value is -1.10. The normalized spacial score (nSPS) is 13.1. The molecule has 0 fully saturated rings. The molecule has 0 saturated heterocycles. The van der Waals surface area contributed by atoms with Crippen LogP contribution < -0.4 is 4.74 Å². The zero-order valence-electron chi connectivity index (χ0n) is 10.6. The summed E-state index contributed by atoms with van der Waals surface area (Å²) in [6, 6.07) is 7.69. The summed E-state index contributed by atoms with van der Waals surface area (Å²) in [6.45, 7) is -0.0727. The van der Waals surface area contributed by atoms with E-state index in [-0.39, 0.29) is 25.2 Å². The molecule has 1 rings (SSSR count). The fourth-order valence-corrected chi connectivity index (χ4v) is 2.05. The average molecular weight is 239 g/mol. The molecule has 0 spiro atoms. The van der Waals surface area contributed by atoms with E-state index in [2.05, 4.69) is 0 Å². The van der Waals surface area contributed by atoms with Crippen molar-refractivity contribution >= 4 is 0 Å². The van der Waals surface area contributed by atoms with Crippen LogP contribution >= 0.6 is 0 Å². The molecule has 0 aliphatic carbocycles. The van der Waals surface area contributed by atoms with Crippen molar-refractivity contribution in [1.29, 1.82) is 0 Å². The van der Waals surface area contributed by atoms with E-state index in [0.717, 1.165) is 11.3 Å². The van der Waals surface area contributed by atoms with Crippen LogP contribution in [-0.2, 0) is 0 Å². The van der Waals surface area contributed by atoms with E-state index in [4.69, 9.17) is 4.74 Å². The van der Waals surface area contributed by atoms with Crippen LogP contribution in [0, 0.1) is 5.92 Å². The highest BCUT2D eigenvalue weighted by atomic mass is 16.5. The van der Waals surface area contributed by atoms with Crippen LogP contribution in [0.15, 0.2) is 24.3 Å². The Labute approximate surface area is 102 Å². The van der Waals surface area contributed by atoms with E-state index < -0.39 is 0 Å². The van der Waals surface area contributed by atoms with Crippen LogP contribution in [0.1, 0.15) is 11.6 Å². The van der Waals surface area contributed by atoms with Crippen molar-refractivity contribution in [3.63, 3.8) is 0 Å². The van der Waals surface area contributed by atoms with Crippen molar-refractivity contribution in [2.45, 2.75) is 6.04 Å². The third-order valence-electron chi connectivity index (χ3n) is 2.93. The summed E-state index contributed by atoms with van der Waals surface area (Å²) < 4.78 is 5.11. The second-order valence-corrected chi connectivity index (χ2v) is 4.31. The minimum absolute atomic E-state index is 0.00379. The van der Waals surface area contributed by atoms with E-state index in [0.29, 0.717) is 0 Å². The summed E-state index contributed by atoms with van der Waals surface area (Å²) in [5.74, 6) is 0.620. The van der Waals surface area contributed by atoms with E-state index in [1.165, 1.54) is 0 Å². The third kappa shape index (κ3) is 3.43. The molecule has 96 valence electrons. The number of aliphatic hydroxyl groups excluding tert-OH is 2. The monoisotopic (exact) mass is 239 g/mol. The fraction of sp³-hybridized carbons (Fsp3) is 0.538. The first-order valence-electron chi connectivity index (χ1n) is 5.66. The second kappa shape index (κ2) is 6.59. The Morgan fingerprint density at radius 3 is 2.00 bits per heavy atom. The van der Waals surface area contributed by atoms with E-state index >= 15 is 0 Å². The van der Waals surface area contributed by atoms with Crippen molar-refractivity contribution in [2.24, 2.45) is 5.92 Å². The third-order valence-corrected chi connectivity index (χ3v) is 2.93. The van der Waals surface area contributed by atoms with Gasteiger partial charge in [-0.05, 0) is 31.8 Å². The summed E-state index contributed by atoms with van der Waals surface area (Å²) >= 11 is 0. The lowest BCUT2D eigenvalue weighted by Gasteiger charge is -2.30. The highest BCUT2D eigenvalue weighted by molar-refractivity contribution is 5.29. The topological polar surface area (TPSA) is 52.9 Å². The van der Waals surface area contributed by atoms with Gasteiger partial charge in [-0.1, -0.05) is 12.1 Å². The van der Waals surface area contributed by atoms with Crippen molar-refractivity contribution in [1.82, 2.24) is 4.90 Å². The molecule has 0 bridgehead atoms. The second-order valence-electron chi connectivity index (χ2n) is 4.31. The van der Waals surface area contributed by atoms with Gasteiger partial charge in [-0.3, -0.25) is 0 Å². The molecule has 2 N–H and O–H groups in total. The number of methoxy groups -OCH3 is 1. The minimum atomic E-state index is -0.182. The van der Waals surface area contributed by atoms with Gasteiger partial charge in [0.2, 0.25) is 0 Å². The highest BCUT2D eigenvalue weighted by Crippen LogP contribution is 2.27. The molecule has 1 aromatic rings. The van der Waals surface area contributed by atoms with Crippen molar-refractivity contribution < 1.29 is 14.9 Å². The lowest BCUT2D eigenvalue weighted by molar-refractivity contribution is 0.0808. The summed E-state index contributed by atoms with van der Waals surface area (Å²) in [4.78, 5) is 2.00. The maximum Gasteiger partial charge on any atom is 0.118 e. The van der Waals surface area contributed by atoms with E-state index in [9.17, 15) is 10.2 Å². The highest BCUT2D eigenvalue weighted by Gasteiger charge is 2.23. The molecule has 0 amide bonds. The number of hydrogen-bond donors (Lipinski definition) is 2. The fourth-order valence-electron chi connectivity index (χ4n) is 2.05. The number of aliphatic hydroxyl groups is 2. The first kappa shape index (κ1) is 14.0. The zero-order valence-corrected chi connectivity index (χ0v) is 10.6. The molecule has 0 aromatic heterocycles. The van der Waals surface area contributed by atoms with Crippen molar-refractivity contribution in [3.8, 4) is 5.75 Å². The molecule has 1 atom stereocenters. The van der Waals surface area contributed by atoms with Gasteiger partial charge in [0, 0.05) is 25.2 Å². The lowest BCUT2D eigenvalue weighted by atomic mass is 9.93. The van der Waals surface area contributed by atoms with Crippen LogP contribution in [0.2, 0.25) is 0 Å². The molecule has 0 radical (unpaired) electrons. The van der Waals surface area contributed by atoms with Crippen LogP contribution in [0.4, 0.5) is 0 Å². The first-order chi connectivity index (χ1) is 8.13. The van der Waals surface area contributed by atoms with Gasteiger partial charge < -0.3 is 19.8 Å². The minimum Gasteiger partial charge on any atom is -0.497 e. The smallest absolute Gasteiger partial charge is 0.118 e. The number of hydrogen-bond acceptors (Lipinski definition) is 4. The largest absolute Gasteiger partial charge is 0.497 e. The summed E-state index contributed by atoms with van der Waals surface area (Å²) in [5, 5.41) is 18.6. The molecule has 0 heterocycles. The lowest BCUT2D eigenvalue weighted by Crippen LogP contribution is -2.31. The van der Waals surface area contributed by atoms with Gasteiger partial charge in [0.25, 0.3) is 0 Å². The van der Waals surface area contributed by atoms with Gasteiger partial charge in [-0.25, -0.2) is 0 Å². The molecule has 0 aliphatic heterocycles. The number of ether oxygens (including phenoxy) is 1. The van der Waals surface area contributed by atoms with Crippen LogP contribution in [0.25, 0.3) is 0 Å². The van der Waals surface area contributed by atoms with Crippen LogP contribution in [0.3, 0.4) is 0 Å². The van der Waals surface area contributed by atoms with Crippen LogP contribution in [-0.4, -0.2) is 49.5 Å². The molecular weight excluding hydrogens is 218 g/mol. The van der Waals surface area contributed by atoms with Gasteiger partial charge in [0.15, 0.2) is 0 Å². The number of benzene rings is 1. The molecular formula is C13H21NO3. The Bertz CT molecular complexity index is 320. The van der Waals surface area contributed by atoms with Gasteiger partial charge >= 0.3 is 0 Å². The Morgan fingerprint density at radius 1 is 1.12 bits per heavy atom. The summed E-state index contributed by atoms with van der Waals surface area (Å²) in [6.07, 6.45) is 0. The SMILES string of the molecule is COc1ccc([C@@H](C(CO)CO)N(C)C)cc1. The van der Waals surface area contributed by atoms with E-state index in [1.54, 1.807) is 7.11 Å². The molecule has 17 heavy (non-hydrogen) atoms. The number of rotatable bonds is 6. The van der Waals surface area contributed by atoms with Crippen molar-refractivity contribution in [2.75, 3.05) is 34.4 Å². The summed E-state index contributed by atoms with van der Waals surface area (Å²) in [7, 11) is 5.50. The summed E-state index contributed by atoms with van der Waals surface area (Å²) in [5.41, 5.74) is 1.06. The van der Waals surface area contributed by atoms with E-state index in [1.807, 2.05) is 43.3 Å². The molecule has 4 heteroatoms.